The number of benzene rings is 1. The molecule has 1 heterocycles. The largest absolute Gasteiger partial charge is 0.368 e. The van der Waals surface area contributed by atoms with E-state index >= 15 is 0 Å². The fourth-order valence-electron chi connectivity index (χ4n) is 1.85. The first-order valence-electron chi connectivity index (χ1n) is 6.17. The molecule has 3 N–H and O–H groups in total. The minimum absolute atomic E-state index is 0.173. The lowest BCUT2D eigenvalue weighted by Crippen LogP contribution is -2.52. The highest BCUT2D eigenvalue weighted by Gasteiger charge is 2.38. The number of rotatable bonds is 5. The molecule has 1 amide bonds. The van der Waals surface area contributed by atoms with Crippen molar-refractivity contribution < 1.29 is 13.2 Å². The number of hydrogen-bond acceptors (Lipinski definition) is 4. The van der Waals surface area contributed by atoms with Gasteiger partial charge < -0.3 is 5.73 Å². The third kappa shape index (κ3) is 3.09. The zero-order valence-corrected chi connectivity index (χ0v) is 12.2. The second-order valence-corrected chi connectivity index (χ2v) is 6.26. The summed E-state index contributed by atoms with van der Waals surface area (Å²) in [6, 6.07) is 12.9. The van der Waals surface area contributed by atoms with E-state index in [4.69, 9.17) is 5.73 Å². The van der Waals surface area contributed by atoms with E-state index in [1.54, 1.807) is 42.5 Å². The minimum atomic E-state index is -3.97. The van der Waals surface area contributed by atoms with Crippen molar-refractivity contribution in [3.05, 3.63) is 60.3 Å². The standard InChI is InChI=1S/C14H15N3O3S/c1-14(13(15)18,11-7-3-2-4-8-11)17-21(19,20)12-9-5-6-10-16-12/h2-10,17H,1H3,(H2,15,18). The van der Waals surface area contributed by atoms with Gasteiger partial charge >= 0.3 is 0 Å². The van der Waals surface area contributed by atoms with Crippen LogP contribution in [0.5, 0.6) is 0 Å². The van der Waals surface area contributed by atoms with E-state index in [-0.39, 0.29) is 5.03 Å². The first-order valence-corrected chi connectivity index (χ1v) is 7.65. The topological polar surface area (TPSA) is 102 Å². The second kappa shape index (κ2) is 5.63. The molecular formula is C14H15N3O3S. The molecule has 1 aromatic carbocycles. The van der Waals surface area contributed by atoms with Gasteiger partial charge in [-0.05, 0) is 24.6 Å². The van der Waals surface area contributed by atoms with Crippen molar-refractivity contribution in [3.8, 4) is 0 Å². The fourth-order valence-corrected chi connectivity index (χ4v) is 3.17. The van der Waals surface area contributed by atoms with Crippen LogP contribution in [0.4, 0.5) is 0 Å². The Morgan fingerprint density at radius 1 is 1.14 bits per heavy atom. The van der Waals surface area contributed by atoms with Crippen molar-refractivity contribution in [1.29, 1.82) is 0 Å². The summed E-state index contributed by atoms with van der Waals surface area (Å²) in [6.07, 6.45) is 1.36. The lowest BCUT2D eigenvalue weighted by Gasteiger charge is -2.27. The summed E-state index contributed by atoms with van der Waals surface area (Å²) in [5.74, 6) is -0.798. The quantitative estimate of drug-likeness (QED) is 0.851. The highest BCUT2D eigenvalue weighted by atomic mass is 32.2. The Kier molecular flexibility index (Phi) is 4.06. The maximum atomic E-state index is 12.3. The van der Waals surface area contributed by atoms with Gasteiger partial charge in [0.25, 0.3) is 10.0 Å². The van der Waals surface area contributed by atoms with Crippen LogP contribution in [0, 0.1) is 0 Å². The first kappa shape index (κ1) is 15.1. The summed E-state index contributed by atoms with van der Waals surface area (Å²) >= 11 is 0. The SMILES string of the molecule is CC(NS(=O)(=O)c1ccccn1)(C(N)=O)c1ccccc1. The van der Waals surface area contributed by atoms with Crippen LogP contribution in [-0.2, 0) is 20.4 Å². The smallest absolute Gasteiger partial charge is 0.259 e. The van der Waals surface area contributed by atoms with Crippen LogP contribution in [0.2, 0.25) is 0 Å². The predicted molar refractivity (Wildman–Crippen MR) is 77.5 cm³/mol. The lowest BCUT2D eigenvalue weighted by atomic mass is 9.93. The van der Waals surface area contributed by atoms with Gasteiger partial charge in [-0.2, -0.15) is 4.72 Å². The molecule has 0 aliphatic rings. The van der Waals surface area contributed by atoms with Crippen LogP contribution in [0.1, 0.15) is 12.5 Å². The molecule has 1 aromatic heterocycles. The van der Waals surface area contributed by atoms with E-state index in [0.29, 0.717) is 5.56 Å². The molecular weight excluding hydrogens is 290 g/mol. The molecule has 1 atom stereocenters. The molecule has 0 radical (unpaired) electrons. The Hall–Kier alpha value is -2.25. The molecule has 0 aliphatic heterocycles. The molecule has 0 aliphatic carbocycles. The van der Waals surface area contributed by atoms with Gasteiger partial charge in [-0.3, -0.25) is 4.79 Å². The van der Waals surface area contributed by atoms with Gasteiger partial charge in [-0.15, -0.1) is 0 Å². The monoisotopic (exact) mass is 305 g/mol. The average Bonchev–Trinajstić information content (AvgIpc) is 2.48. The van der Waals surface area contributed by atoms with Crippen molar-refractivity contribution in [2.45, 2.75) is 17.5 Å². The summed E-state index contributed by atoms with van der Waals surface area (Å²) in [5, 5.41) is -0.173. The van der Waals surface area contributed by atoms with Gasteiger partial charge in [0.2, 0.25) is 5.91 Å². The number of aromatic nitrogens is 1. The number of sulfonamides is 1. The number of hydrogen-bond donors (Lipinski definition) is 2. The van der Waals surface area contributed by atoms with E-state index in [0.717, 1.165) is 0 Å². The number of carbonyl (C=O) groups excluding carboxylic acids is 1. The Morgan fingerprint density at radius 3 is 2.29 bits per heavy atom. The van der Waals surface area contributed by atoms with Gasteiger partial charge in [-0.25, -0.2) is 13.4 Å². The molecule has 6 nitrogen and oxygen atoms in total. The number of pyridine rings is 1. The normalized spacial score (nSPS) is 14.3. The Balaban J connectivity index is 2.45. The molecule has 7 heteroatoms. The van der Waals surface area contributed by atoms with E-state index in [2.05, 4.69) is 9.71 Å². The molecule has 110 valence electrons. The van der Waals surface area contributed by atoms with Crippen LogP contribution in [0.3, 0.4) is 0 Å². The van der Waals surface area contributed by atoms with Crippen molar-refractivity contribution in [1.82, 2.24) is 9.71 Å². The molecule has 0 saturated carbocycles. The summed E-state index contributed by atoms with van der Waals surface area (Å²) in [6.45, 7) is 1.42. The van der Waals surface area contributed by atoms with Crippen LogP contribution in [-0.4, -0.2) is 19.3 Å². The number of nitrogens with one attached hydrogen (secondary N) is 1. The Labute approximate surface area is 123 Å². The summed E-state index contributed by atoms with van der Waals surface area (Å²) in [4.78, 5) is 15.6. The van der Waals surface area contributed by atoms with Crippen LogP contribution < -0.4 is 10.5 Å². The van der Waals surface area contributed by atoms with Crippen molar-refractivity contribution in [3.63, 3.8) is 0 Å². The Bertz CT molecular complexity index is 733. The highest BCUT2D eigenvalue weighted by molar-refractivity contribution is 7.89. The van der Waals surface area contributed by atoms with Gasteiger partial charge in [0.15, 0.2) is 5.03 Å². The maximum absolute atomic E-state index is 12.3. The molecule has 0 bridgehead atoms. The lowest BCUT2D eigenvalue weighted by molar-refractivity contribution is -0.123. The van der Waals surface area contributed by atoms with Crippen molar-refractivity contribution >= 4 is 15.9 Å². The molecule has 0 spiro atoms. The predicted octanol–water partition coefficient (Wildman–Crippen LogP) is 0.761. The number of carbonyl (C=O) groups is 1. The number of nitrogens with zero attached hydrogens (tertiary/aromatic N) is 1. The van der Waals surface area contributed by atoms with Crippen LogP contribution in [0.15, 0.2) is 59.8 Å². The number of primary amides is 1. The van der Waals surface area contributed by atoms with Gasteiger partial charge in [0.1, 0.15) is 5.54 Å². The third-order valence-corrected chi connectivity index (χ3v) is 4.56. The maximum Gasteiger partial charge on any atom is 0.259 e. The van der Waals surface area contributed by atoms with E-state index in [1.165, 1.54) is 19.2 Å². The molecule has 0 fully saturated rings. The van der Waals surface area contributed by atoms with Crippen molar-refractivity contribution in [2.75, 3.05) is 0 Å². The van der Waals surface area contributed by atoms with E-state index in [1.807, 2.05) is 0 Å². The van der Waals surface area contributed by atoms with E-state index in [9.17, 15) is 13.2 Å². The second-order valence-electron chi connectivity index (χ2n) is 4.63. The average molecular weight is 305 g/mol. The first-order chi connectivity index (χ1) is 9.86. The molecule has 2 aromatic rings. The summed E-state index contributed by atoms with van der Waals surface area (Å²) < 4.78 is 27.0. The fraction of sp³-hybridized carbons (Fsp3) is 0.143. The Morgan fingerprint density at radius 2 is 1.76 bits per heavy atom. The van der Waals surface area contributed by atoms with Gasteiger partial charge in [-0.1, -0.05) is 36.4 Å². The molecule has 21 heavy (non-hydrogen) atoms. The summed E-state index contributed by atoms with van der Waals surface area (Å²) in [5.41, 5.74) is 4.30. The third-order valence-electron chi connectivity index (χ3n) is 3.10. The van der Waals surface area contributed by atoms with Gasteiger partial charge in [0.05, 0.1) is 0 Å². The number of amides is 1. The zero-order chi connectivity index (χ0) is 15.5. The molecule has 1 unspecified atom stereocenters. The van der Waals surface area contributed by atoms with E-state index < -0.39 is 21.5 Å². The van der Waals surface area contributed by atoms with Crippen LogP contribution in [0.25, 0.3) is 0 Å². The van der Waals surface area contributed by atoms with Gasteiger partial charge in [0, 0.05) is 6.20 Å². The molecule has 2 rings (SSSR count). The van der Waals surface area contributed by atoms with Crippen LogP contribution >= 0.6 is 0 Å². The number of nitrogens with two attached hydrogens (primary N) is 1. The molecule has 0 saturated heterocycles. The highest BCUT2D eigenvalue weighted by Crippen LogP contribution is 2.22. The van der Waals surface area contributed by atoms with Crippen molar-refractivity contribution in [2.24, 2.45) is 5.73 Å². The summed E-state index contributed by atoms with van der Waals surface area (Å²) in [7, 11) is -3.97. The zero-order valence-electron chi connectivity index (χ0n) is 11.4. The minimum Gasteiger partial charge on any atom is -0.368 e.